The maximum Gasteiger partial charge on any atom is 0.225 e. The second-order valence-electron chi connectivity index (χ2n) is 5.20. The van der Waals surface area contributed by atoms with Crippen molar-refractivity contribution in [2.24, 2.45) is 5.92 Å². The zero-order valence-electron chi connectivity index (χ0n) is 12.2. The van der Waals surface area contributed by atoms with Gasteiger partial charge in [-0.1, -0.05) is 37.0 Å². The third-order valence-corrected chi connectivity index (χ3v) is 3.46. The quantitative estimate of drug-likeness (QED) is 0.841. The topological polar surface area (TPSA) is 66.9 Å². The molecule has 2 rings (SSSR count). The molecule has 22 heavy (non-hydrogen) atoms. The number of benzene rings is 1. The minimum atomic E-state index is -0.0745. The van der Waals surface area contributed by atoms with Crippen LogP contribution >= 0.6 is 23.2 Å². The molecule has 0 spiro atoms. The molecule has 116 valence electrons. The molecule has 7 heteroatoms. The van der Waals surface area contributed by atoms with Gasteiger partial charge in [0.25, 0.3) is 0 Å². The number of hydrogen-bond acceptors (Lipinski definition) is 4. The Morgan fingerprint density at radius 1 is 1.09 bits per heavy atom. The number of hydrogen-bond donors (Lipinski definition) is 2. The fourth-order valence-electron chi connectivity index (χ4n) is 1.75. The minimum absolute atomic E-state index is 0.0745. The number of amides is 1. The highest BCUT2D eigenvalue weighted by molar-refractivity contribution is 6.42. The van der Waals surface area contributed by atoms with Crippen LogP contribution in [-0.2, 0) is 4.79 Å². The zero-order valence-corrected chi connectivity index (χ0v) is 13.7. The van der Waals surface area contributed by atoms with Crippen LogP contribution in [0.1, 0.15) is 20.3 Å². The standard InChI is InChI=1S/C15H16Cl2N4O/c1-9(2)7-15(22)19-14-6-5-13(20-21-14)18-10-3-4-11(16)12(17)8-10/h3-6,8-9H,7H2,1-2H3,(H,18,20)(H,19,21,22). The first-order valence-electron chi connectivity index (χ1n) is 6.79. The summed E-state index contributed by atoms with van der Waals surface area (Å²) in [5.41, 5.74) is 0.750. The summed E-state index contributed by atoms with van der Waals surface area (Å²) >= 11 is 11.8. The van der Waals surface area contributed by atoms with Crippen molar-refractivity contribution >= 4 is 46.4 Å². The minimum Gasteiger partial charge on any atom is -0.339 e. The predicted octanol–water partition coefficient (Wildman–Crippen LogP) is 4.51. The van der Waals surface area contributed by atoms with Gasteiger partial charge in [-0.15, -0.1) is 10.2 Å². The van der Waals surface area contributed by atoms with Crippen molar-refractivity contribution < 1.29 is 4.79 Å². The van der Waals surface area contributed by atoms with Crippen molar-refractivity contribution in [3.8, 4) is 0 Å². The predicted molar refractivity (Wildman–Crippen MR) is 89.9 cm³/mol. The normalized spacial score (nSPS) is 10.6. The van der Waals surface area contributed by atoms with Crippen LogP contribution in [0.25, 0.3) is 0 Å². The van der Waals surface area contributed by atoms with E-state index >= 15 is 0 Å². The second-order valence-corrected chi connectivity index (χ2v) is 6.02. The van der Waals surface area contributed by atoms with E-state index in [1.54, 1.807) is 30.3 Å². The molecule has 0 aliphatic carbocycles. The van der Waals surface area contributed by atoms with E-state index in [-0.39, 0.29) is 5.91 Å². The van der Waals surface area contributed by atoms with Crippen LogP contribution in [0.5, 0.6) is 0 Å². The Bertz CT molecular complexity index is 659. The molecule has 5 nitrogen and oxygen atoms in total. The lowest BCUT2D eigenvalue weighted by molar-refractivity contribution is -0.116. The lowest BCUT2D eigenvalue weighted by atomic mass is 10.1. The molecule has 1 aromatic carbocycles. The Hall–Kier alpha value is -1.85. The molecule has 0 fully saturated rings. The van der Waals surface area contributed by atoms with Crippen LogP contribution in [0.2, 0.25) is 10.0 Å². The molecule has 1 aromatic heterocycles. The zero-order chi connectivity index (χ0) is 16.1. The molecule has 1 amide bonds. The third-order valence-electron chi connectivity index (χ3n) is 2.72. The van der Waals surface area contributed by atoms with Gasteiger partial charge in [-0.2, -0.15) is 0 Å². The maximum absolute atomic E-state index is 11.6. The van der Waals surface area contributed by atoms with E-state index < -0.39 is 0 Å². The van der Waals surface area contributed by atoms with E-state index in [1.165, 1.54) is 0 Å². The fraction of sp³-hybridized carbons (Fsp3) is 0.267. The van der Waals surface area contributed by atoms with Crippen molar-refractivity contribution in [1.82, 2.24) is 10.2 Å². The van der Waals surface area contributed by atoms with Gasteiger partial charge in [-0.3, -0.25) is 4.79 Å². The van der Waals surface area contributed by atoms with Crippen LogP contribution in [0.4, 0.5) is 17.3 Å². The van der Waals surface area contributed by atoms with E-state index in [4.69, 9.17) is 23.2 Å². The molecule has 2 aromatic rings. The summed E-state index contributed by atoms with van der Waals surface area (Å²) in [6, 6.07) is 8.59. The Morgan fingerprint density at radius 2 is 1.77 bits per heavy atom. The molecule has 2 N–H and O–H groups in total. The molecule has 0 bridgehead atoms. The fourth-order valence-corrected chi connectivity index (χ4v) is 2.05. The van der Waals surface area contributed by atoms with Crippen LogP contribution in [0.15, 0.2) is 30.3 Å². The number of rotatable bonds is 5. The molecular formula is C15H16Cl2N4O. The number of nitrogens with one attached hydrogen (secondary N) is 2. The molecule has 0 unspecified atom stereocenters. The van der Waals surface area contributed by atoms with Gasteiger partial charge < -0.3 is 10.6 Å². The summed E-state index contributed by atoms with van der Waals surface area (Å²) in [5.74, 6) is 1.18. The molecule has 0 aliphatic rings. The number of anilines is 3. The van der Waals surface area contributed by atoms with E-state index in [1.807, 2.05) is 13.8 Å². The van der Waals surface area contributed by atoms with Crippen molar-refractivity contribution in [2.45, 2.75) is 20.3 Å². The number of nitrogens with zero attached hydrogens (tertiary/aromatic N) is 2. The summed E-state index contributed by atoms with van der Waals surface area (Å²) in [4.78, 5) is 11.6. The Morgan fingerprint density at radius 3 is 2.36 bits per heavy atom. The second kappa shape index (κ2) is 7.42. The smallest absolute Gasteiger partial charge is 0.225 e. The molecule has 0 saturated heterocycles. The lowest BCUT2D eigenvalue weighted by Crippen LogP contribution is -2.15. The summed E-state index contributed by atoms with van der Waals surface area (Å²) in [6.45, 7) is 3.96. The molecular weight excluding hydrogens is 323 g/mol. The SMILES string of the molecule is CC(C)CC(=O)Nc1ccc(Nc2ccc(Cl)c(Cl)c2)nn1. The van der Waals surface area contributed by atoms with Crippen LogP contribution < -0.4 is 10.6 Å². The first kappa shape index (κ1) is 16.5. The highest BCUT2D eigenvalue weighted by atomic mass is 35.5. The summed E-state index contributed by atoms with van der Waals surface area (Å²) in [7, 11) is 0. The van der Waals surface area contributed by atoms with Crippen molar-refractivity contribution in [3.63, 3.8) is 0 Å². The summed E-state index contributed by atoms with van der Waals surface area (Å²) in [6.07, 6.45) is 0.449. The maximum atomic E-state index is 11.6. The largest absolute Gasteiger partial charge is 0.339 e. The average Bonchev–Trinajstić information content (AvgIpc) is 2.44. The molecule has 1 heterocycles. The highest BCUT2D eigenvalue weighted by Crippen LogP contribution is 2.26. The van der Waals surface area contributed by atoms with E-state index in [9.17, 15) is 4.79 Å². The van der Waals surface area contributed by atoms with Gasteiger partial charge in [-0.25, -0.2) is 0 Å². The summed E-state index contributed by atoms with van der Waals surface area (Å²) < 4.78 is 0. The van der Waals surface area contributed by atoms with Gasteiger partial charge in [0.15, 0.2) is 11.6 Å². The van der Waals surface area contributed by atoms with Crippen LogP contribution in [-0.4, -0.2) is 16.1 Å². The highest BCUT2D eigenvalue weighted by Gasteiger charge is 2.07. The van der Waals surface area contributed by atoms with E-state index in [2.05, 4.69) is 20.8 Å². The molecule has 0 saturated carbocycles. The first-order valence-corrected chi connectivity index (χ1v) is 7.55. The third kappa shape index (κ3) is 4.86. The first-order chi connectivity index (χ1) is 10.4. The molecule has 0 atom stereocenters. The summed E-state index contributed by atoms with van der Waals surface area (Å²) in [5, 5.41) is 14.7. The van der Waals surface area contributed by atoms with Crippen molar-refractivity contribution in [2.75, 3.05) is 10.6 Å². The number of carbonyl (C=O) groups is 1. The average molecular weight is 339 g/mol. The van der Waals surface area contributed by atoms with Crippen molar-refractivity contribution in [1.29, 1.82) is 0 Å². The van der Waals surface area contributed by atoms with Gasteiger partial charge in [0.1, 0.15) is 0 Å². The van der Waals surface area contributed by atoms with Gasteiger partial charge in [0.2, 0.25) is 5.91 Å². The Kier molecular flexibility index (Phi) is 5.57. The number of aromatic nitrogens is 2. The van der Waals surface area contributed by atoms with Gasteiger partial charge in [0.05, 0.1) is 10.0 Å². The van der Waals surface area contributed by atoms with Crippen LogP contribution in [0.3, 0.4) is 0 Å². The molecule has 0 radical (unpaired) electrons. The van der Waals surface area contributed by atoms with Gasteiger partial charge in [0, 0.05) is 12.1 Å². The lowest BCUT2D eigenvalue weighted by Gasteiger charge is -2.08. The van der Waals surface area contributed by atoms with Crippen LogP contribution in [0, 0.1) is 5.92 Å². The monoisotopic (exact) mass is 338 g/mol. The van der Waals surface area contributed by atoms with E-state index in [0.29, 0.717) is 34.0 Å². The van der Waals surface area contributed by atoms with Gasteiger partial charge in [-0.05, 0) is 36.2 Å². The number of halogens is 2. The van der Waals surface area contributed by atoms with E-state index in [0.717, 1.165) is 5.69 Å². The van der Waals surface area contributed by atoms with Crippen molar-refractivity contribution in [3.05, 3.63) is 40.4 Å². The Balaban J connectivity index is 1.99. The molecule has 0 aliphatic heterocycles. The Labute approximate surface area is 139 Å². The van der Waals surface area contributed by atoms with Gasteiger partial charge >= 0.3 is 0 Å². The number of carbonyl (C=O) groups excluding carboxylic acids is 1.